The zero-order chi connectivity index (χ0) is 15.4. The third kappa shape index (κ3) is 4.82. The Labute approximate surface area is 142 Å². The largest absolute Gasteiger partial charge is 0.463 e. The Morgan fingerprint density at radius 1 is 1.38 bits per heavy atom. The third-order valence-corrected chi connectivity index (χ3v) is 5.33. The van der Waals surface area contributed by atoms with Gasteiger partial charge in [-0.1, -0.05) is 18.2 Å². The molecular weight excluding hydrogens is 396 g/mol. The highest BCUT2D eigenvalue weighted by atomic mass is 79.9. The van der Waals surface area contributed by atoms with E-state index < -0.39 is 0 Å². The summed E-state index contributed by atoms with van der Waals surface area (Å²) in [6.45, 7) is 4.14. The standard InChI is InChI=1S/C17H18Br2O2/c1-3-21-17(20)8-11(2)4-5-12-9-14(12)13-6-7-15(18)16(19)10-13/h4-8,10,12,14H,3,9H2,1-2H3/b5-4+,11-8+. The number of rotatable bonds is 5. The molecule has 2 nitrogen and oxygen atoms in total. The van der Waals surface area contributed by atoms with Crippen LogP contribution < -0.4 is 0 Å². The molecule has 0 aliphatic heterocycles. The summed E-state index contributed by atoms with van der Waals surface area (Å²) in [6, 6.07) is 6.41. The van der Waals surface area contributed by atoms with Gasteiger partial charge in [0.2, 0.25) is 0 Å². The molecule has 0 saturated heterocycles. The Morgan fingerprint density at radius 2 is 2.14 bits per heavy atom. The molecule has 0 radical (unpaired) electrons. The number of hydrogen-bond acceptors (Lipinski definition) is 2. The zero-order valence-corrected chi connectivity index (χ0v) is 15.3. The molecule has 2 atom stereocenters. The minimum absolute atomic E-state index is 0.274. The highest BCUT2D eigenvalue weighted by molar-refractivity contribution is 9.13. The Kier molecular flexibility index (Phi) is 5.82. The van der Waals surface area contributed by atoms with E-state index in [1.54, 1.807) is 0 Å². The van der Waals surface area contributed by atoms with Gasteiger partial charge in [-0.3, -0.25) is 0 Å². The maximum atomic E-state index is 11.3. The van der Waals surface area contributed by atoms with Crippen molar-refractivity contribution in [1.29, 1.82) is 0 Å². The van der Waals surface area contributed by atoms with Gasteiger partial charge in [0.15, 0.2) is 0 Å². The number of benzene rings is 1. The predicted molar refractivity (Wildman–Crippen MR) is 92.2 cm³/mol. The fraction of sp³-hybridized carbons (Fsp3) is 0.353. The summed E-state index contributed by atoms with van der Waals surface area (Å²) in [6.07, 6.45) is 6.89. The molecule has 112 valence electrons. The van der Waals surface area contributed by atoms with Gasteiger partial charge in [0, 0.05) is 15.0 Å². The van der Waals surface area contributed by atoms with E-state index in [1.165, 1.54) is 11.6 Å². The van der Waals surface area contributed by atoms with Crippen LogP contribution in [0.25, 0.3) is 0 Å². The first kappa shape index (κ1) is 16.5. The van der Waals surface area contributed by atoms with Crippen molar-refractivity contribution in [1.82, 2.24) is 0 Å². The Balaban J connectivity index is 1.93. The number of esters is 1. The van der Waals surface area contributed by atoms with Crippen molar-refractivity contribution < 1.29 is 9.53 Å². The normalized spacial score (nSPS) is 21.6. The number of halogens is 2. The SMILES string of the molecule is CCOC(=O)/C=C(C)/C=C/C1CC1c1ccc(Br)c(Br)c1. The van der Waals surface area contributed by atoms with Gasteiger partial charge in [0.25, 0.3) is 0 Å². The van der Waals surface area contributed by atoms with Crippen molar-refractivity contribution in [3.05, 3.63) is 56.5 Å². The first-order chi connectivity index (χ1) is 10.0. The highest BCUT2D eigenvalue weighted by Gasteiger charge is 2.36. The lowest BCUT2D eigenvalue weighted by Crippen LogP contribution is -1.99. The van der Waals surface area contributed by atoms with Crippen molar-refractivity contribution in [2.45, 2.75) is 26.2 Å². The van der Waals surface area contributed by atoms with E-state index in [9.17, 15) is 4.79 Å². The van der Waals surface area contributed by atoms with Crippen LogP contribution in [0.2, 0.25) is 0 Å². The molecule has 0 aromatic heterocycles. The average Bonchev–Trinajstić information content (AvgIpc) is 3.19. The van der Waals surface area contributed by atoms with E-state index in [0.717, 1.165) is 20.9 Å². The van der Waals surface area contributed by atoms with Gasteiger partial charge in [0.05, 0.1) is 6.61 Å². The summed E-state index contributed by atoms with van der Waals surface area (Å²) in [4.78, 5) is 11.3. The first-order valence-electron chi connectivity index (χ1n) is 6.99. The average molecular weight is 414 g/mol. The topological polar surface area (TPSA) is 26.3 Å². The van der Waals surface area contributed by atoms with Crippen LogP contribution in [-0.4, -0.2) is 12.6 Å². The van der Waals surface area contributed by atoms with Crippen molar-refractivity contribution in [3.63, 3.8) is 0 Å². The summed E-state index contributed by atoms with van der Waals surface area (Å²) in [5.74, 6) is 0.869. The molecule has 1 aliphatic carbocycles. The number of carbonyl (C=O) groups excluding carboxylic acids is 1. The quantitative estimate of drug-likeness (QED) is 0.368. The second-order valence-corrected chi connectivity index (χ2v) is 6.89. The molecule has 0 heterocycles. The molecule has 1 saturated carbocycles. The maximum absolute atomic E-state index is 11.3. The van der Waals surface area contributed by atoms with Gasteiger partial charge in [-0.05, 0) is 87.2 Å². The van der Waals surface area contributed by atoms with Crippen LogP contribution in [0.1, 0.15) is 31.7 Å². The van der Waals surface area contributed by atoms with Crippen molar-refractivity contribution in [3.8, 4) is 0 Å². The minimum Gasteiger partial charge on any atom is -0.463 e. The smallest absolute Gasteiger partial charge is 0.330 e. The Morgan fingerprint density at radius 3 is 2.81 bits per heavy atom. The first-order valence-corrected chi connectivity index (χ1v) is 8.58. The molecule has 1 fully saturated rings. The Hall–Kier alpha value is -0.870. The molecule has 1 aromatic carbocycles. The maximum Gasteiger partial charge on any atom is 0.330 e. The van der Waals surface area contributed by atoms with Gasteiger partial charge in [-0.15, -0.1) is 0 Å². The predicted octanol–water partition coefficient (Wildman–Crippen LogP) is 5.38. The molecule has 4 heteroatoms. The van der Waals surface area contributed by atoms with E-state index >= 15 is 0 Å². The molecule has 0 bridgehead atoms. The highest BCUT2D eigenvalue weighted by Crippen LogP contribution is 2.49. The van der Waals surface area contributed by atoms with Gasteiger partial charge in [-0.25, -0.2) is 4.79 Å². The van der Waals surface area contributed by atoms with E-state index in [1.807, 2.05) is 19.9 Å². The molecular formula is C17H18Br2O2. The summed E-state index contributed by atoms with van der Waals surface area (Å²) < 4.78 is 7.06. The minimum atomic E-state index is -0.274. The zero-order valence-electron chi connectivity index (χ0n) is 12.1. The number of hydrogen-bond donors (Lipinski definition) is 0. The van der Waals surface area contributed by atoms with Crippen molar-refractivity contribution in [2.24, 2.45) is 5.92 Å². The number of ether oxygens (including phenoxy) is 1. The fourth-order valence-corrected chi connectivity index (χ4v) is 2.89. The van der Waals surface area contributed by atoms with Crippen LogP contribution in [0, 0.1) is 5.92 Å². The van der Waals surface area contributed by atoms with Gasteiger partial charge < -0.3 is 4.74 Å². The van der Waals surface area contributed by atoms with Crippen LogP contribution in [0.15, 0.2) is 50.9 Å². The van der Waals surface area contributed by atoms with Gasteiger partial charge in [0.1, 0.15) is 0 Å². The van der Waals surface area contributed by atoms with Crippen LogP contribution in [0.3, 0.4) is 0 Å². The van der Waals surface area contributed by atoms with Crippen LogP contribution in [0.5, 0.6) is 0 Å². The number of allylic oxidation sites excluding steroid dienone is 3. The van der Waals surface area contributed by atoms with E-state index in [0.29, 0.717) is 18.4 Å². The lowest BCUT2D eigenvalue weighted by atomic mass is 10.1. The molecule has 2 unspecified atom stereocenters. The third-order valence-electron chi connectivity index (χ3n) is 3.45. The van der Waals surface area contributed by atoms with Crippen LogP contribution in [-0.2, 0) is 9.53 Å². The summed E-state index contributed by atoms with van der Waals surface area (Å²) in [5.41, 5.74) is 2.28. The molecule has 1 aromatic rings. The number of carbonyl (C=O) groups is 1. The molecule has 2 rings (SSSR count). The lowest BCUT2D eigenvalue weighted by molar-refractivity contribution is -0.137. The fourth-order valence-electron chi connectivity index (χ4n) is 2.25. The molecule has 0 N–H and O–H groups in total. The van der Waals surface area contributed by atoms with Gasteiger partial charge in [-0.2, -0.15) is 0 Å². The molecule has 1 aliphatic rings. The van der Waals surface area contributed by atoms with Crippen molar-refractivity contribution in [2.75, 3.05) is 6.61 Å². The van der Waals surface area contributed by atoms with E-state index in [2.05, 4.69) is 56.1 Å². The monoisotopic (exact) mass is 412 g/mol. The van der Waals surface area contributed by atoms with Crippen molar-refractivity contribution >= 4 is 37.8 Å². The Bertz CT molecular complexity index is 590. The second-order valence-electron chi connectivity index (χ2n) is 5.18. The summed E-state index contributed by atoms with van der Waals surface area (Å²) in [5, 5.41) is 0. The van der Waals surface area contributed by atoms with Gasteiger partial charge >= 0.3 is 5.97 Å². The molecule has 0 spiro atoms. The van der Waals surface area contributed by atoms with E-state index in [4.69, 9.17) is 4.74 Å². The van der Waals surface area contributed by atoms with E-state index in [-0.39, 0.29) is 5.97 Å². The molecule has 21 heavy (non-hydrogen) atoms. The molecule has 0 amide bonds. The second kappa shape index (κ2) is 7.41. The van der Waals surface area contributed by atoms with Crippen LogP contribution >= 0.6 is 31.9 Å². The lowest BCUT2D eigenvalue weighted by Gasteiger charge is -2.01. The van der Waals surface area contributed by atoms with Crippen LogP contribution in [0.4, 0.5) is 0 Å². The summed E-state index contributed by atoms with van der Waals surface area (Å²) >= 11 is 7.03. The summed E-state index contributed by atoms with van der Waals surface area (Å²) in [7, 11) is 0.